The first-order valence-corrected chi connectivity index (χ1v) is 9.39. The van der Waals surface area contributed by atoms with Crippen LogP contribution in [0.1, 0.15) is 48.2 Å². The maximum absolute atomic E-state index is 12.9. The van der Waals surface area contributed by atoms with Crippen molar-refractivity contribution in [1.82, 2.24) is 15.2 Å². The summed E-state index contributed by atoms with van der Waals surface area (Å²) in [6.45, 7) is 3.79. The maximum Gasteiger partial charge on any atom is 0.270 e. The number of aromatic nitrogens is 1. The van der Waals surface area contributed by atoms with Gasteiger partial charge in [-0.25, -0.2) is 4.99 Å². The van der Waals surface area contributed by atoms with E-state index in [1.165, 1.54) is 12.8 Å². The fraction of sp³-hybridized carbons (Fsp3) is 0.474. The molecule has 3 aliphatic rings. The Labute approximate surface area is 152 Å². The van der Waals surface area contributed by atoms with Crippen molar-refractivity contribution in [2.45, 2.75) is 32.1 Å². The Hall–Kier alpha value is -2.01. The monoisotopic (exact) mass is 358 g/mol. The Morgan fingerprint density at radius 1 is 1.44 bits per heavy atom. The molecule has 0 saturated heterocycles. The second-order valence-corrected chi connectivity index (χ2v) is 7.51. The SMILES string of the molecule is CCCN(CC1CC1)C(=O)c1cc(C2C(Cl)=CN=C3NC=CC32)c[nH]1. The van der Waals surface area contributed by atoms with Crippen LogP contribution in [0.15, 0.2) is 40.8 Å². The first kappa shape index (κ1) is 16.5. The molecule has 5 nitrogen and oxygen atoms in total. The molecule has 2 aliphatic heterocycles. The molecule has 1 aromatic rings. The summed E-state index contributed by atoms with van der Waals surface area (Å²) >= 11 is 6.45. The largest absolute Gasteiger partial charge is 0.357 e. The number of rotatable bonds is 6. The van der Waals surface area contributed by atoms with Crippen LogP contribution in [0.2, 0.25) is 0 Å². The summed E-state index contributed by atoms with van der Waals surface area (Å²) in [7, 11) is 0. The van der Waals surface area contributed by atoms with Crippen LogP contribution in [0.5, 0.6) is 0 Å². The number of hydrogen-bond donors (Lipinski definition) is 2. The smallest absolute Gasteiger partial charge is 0.270 e. The third kappa shape index (κ3) is 3.25. The Balaban J connectivity index is 1.55. The number of H-pyrrole nitrogens is 1. The van der Waals surface area contributed by atoms with Crippen molar-refractivity contribution < 1.29 is 4.79 Å². The molecule has 1 aliphatic carbocycles. The van der Waals surface area contributed by atoms with Gasteiger partial charge in [0, 0.05) is 42.4 Å². The first-order valence-electron chi connectivity index (χ1n) is 9.01. The predicted molar refractivity (Wildman–Crippen MR) is 99.6 cm³/mol. The lowest BCUT2D eigenvalue weighted by atomic mass is 9.85. The highest BCUT2D eigenvalue weighted by Gasteiger charge is 2.34. The normalized spacial score (nSPS) is 24.4. The van der Waals surface area contributed by atoms with Gasteiger partial charge in [-0.1, -0.05) is 24.6 Å². The molecule has 6 heteroatoms. The third-order valence-corrected chi connectivity index (χ3v) is 5.42. The Kier molecular flexibility index (Phi) is 4.42. The van der Waals surface area contributed by atoms with Gasteiger partial charge in [-0.2, -0.15) is 0 Å². The average molecular weight is 359 g/mol. The van der Waals surface area contributed by atoms with E-state index in [4.69, 9.17) is 11.6 Å². The molecular weight excluding hydrogens is 336 g/mol. The van der Waals surface area contributed by atoms with E-state index in [-0.39, 0.29) is 17.7 Å². The minimum absolute atomic E-state index is 0.00118. The van der Waals surface area contributed by atoms with E-state index in [9.17, 15) is 4.79 Å². The molecule has 1 fully saturated rings. The van der Waals surface area contributed by atoms with Crippen molar-refractivity contribution in [2.75, 3.05) is 13.1 Å². The van der Waals surface area contributed by atoms with Crippen LogP contribution < -0.4 is 5.32 Å². The number of amides is 1. The summed E-state index contributed by atoms with van der Waals surface area (Å²) < 4.78 is 0. The molecule has 2 unspecified atom stereocenters. The number of halogens is 1. The molecule has 4 rings (SSSR count). The summed E-state index contributed by atoms with van der Waals surface area (Å²) in [5, 5.41) is 3.85. The van der Waals surface area contributed by atoms with Gasteiger partial charge in [0.2, 0.25) is 0 Å². The number of allylic oxidation sites excluding steroid dienone is 1. The Morgan fingerprint density at radius 2 is 2.28 bits per heavy atom. The van der Waals surface area contributed by atoms with E-state index in [0.717, 1.165) is 30.9 Å². The number of nitrogens with zero attached hydrogens (tertiary/aromatic N) is 2. The maximum atomic E-state index is 12.9. The minimum atomic E-state index is 0.00118. The van der Waals surface area contributed by atoms with Crippen molar-refractivity contribution in [3.05, 3.63) is 47.0 Å². The lowest BCUT2D eigenvalue weighted by Crippen LogP contribution is -2.33. The van der Waals surface area contributed by atoms with Crippen molar-refractivity contribution in [3.63, 3.8) is 0 Å². The van der Waals surface area contributed by atoms with Gasteiger partial charge in [-0.15, -0.1) is 0 Å². The summed E-state index contributed by atoms with van der Waals surface area (Å²) in [6.07, 6.45) is 11.0. The molecule has 0 radical (unpaired) electrons. The lowest BCUT2D eigenvalue weighted by molar-refractivity contribution is 0.0742. The van der Waals surface area contributed by atoms with E-state index < -0.39 is 0 Å². The lowest BCUT2D eigenvalue weighted by Gasteiger charge is -2.24. The fourth-order valence-electron chi connectivity index (χ4n) is 3.61. The molecule has 0 aromatic carbocycles. The number of carbonyl (C=O) groups excluding carboxylic acids is 1. The van der Waals surface area contributed by atoms with Gasteiger partial charge >= 0.3 is 0 Å². The minimum Gasteiger partial charge on any atom is -0.357 e. The second-order valence-electron chi connectivity index (χ2n) is 7.08. The van der Waals surface area contributed by atoms with Crippen LogP contribution in [0, 0.1) is 11.8 Å². The quantitative estimate of drug-likeness (QED) is 0.816. The zero-order valence-electron chi connectivity index (χ0n) is 14.3. The van der Waals surface area contributed by atoms with E-state index in [0.29, 0.717) is 16.6 Å². The van der Waals surface area contributed by atoms with Gasteiger partial charge in [0.15, 0.2) is 0 Å². The number of hydrogen-bond acceptors (Lipinski definition) is 3. The first-order chi connectivity index (χ1) is 12.2. The summed E-state index contributed by atoms with van der Waals surface area (Å²) in [6, 6.07) is 1.95. The van der Waals surface area contributed by atoms with E-state index in [2.05, 4.69) is 28.3 Å². The highest BCUT2D eigenvalue weighted by Crippen LogP contribution is 2.40. The Morgan fingerprint density at radius 3 is 3.04 bits per heavy atom. The standard InChI is InChI=1S/C19H23ClN4O/c1-2-7-24(11-12-3-4-12)19(25)16-8-13(9-22-16)17-14-5-6-21-18(14)23-10-15(17)20/h5-6,8-10,12,14,17,22H,2-4,7,11H2,1H3,(H,21,23). The van der Waals surface area contributed by atoms with Crippen molar-refractivity contribution in [1.29, 1.82) is 0 Å². The molecule has 0 spiro atoms. The number of carbonyl (C=O) groups is 1. The molecule has 1 aromatic heterocycles. The van der Waals surface area contributed by atoms with Crippen LogP contribution >= 0.6 is 11.6 Å². The predicted octanol–water partition coefficient (Wildman–Crippen LogP) is 3.59. The molecule has 2 atom stereocenters. The topological polar surface area (TPSA) is 60.5 Å². The molecule has 25 heavy (non-hydrogen) atoms. The highest BCUT2D eigenvalue weighted by molar-refractivity contribution is 6.31. The van der Waals surface area contributed by atoms with Gasteiger partial charge < -0.3 is 15.2 Å². The molecule has 0 bridgehead atoms. The molecule has 3 heterocycles. The molecule has 1 saturated carbocycles. The molecule has 2 N–H and O–H groups in total. The summed E-state index contributed by atoms with van der Waals surface area (Å²) in [5.41, 5.74) is 1.67. The number of nitrogens with one attached hydrogen (secondary N) is 2. The van der Waals surface area contributed by atoms with Gasteiger partial charge in [0.25, 0.3) is 5.91 Å². The molecular formula is C19H23ClN4O. The van der Waals surface area contributed by atoms with Gasteiger partial charge in [-0.3, -0.25) is 4.79 Å². The van der Waals surface area contributed by atoms with Crippen LogP contribution in [0.25, 0.3) is 0 Å². The van der Waals surface area contributed by atoms with Crippen LogP contribution in [0.3, 0.4) is 0 Å². The zero-order chi connectivity index (χ0) is 17.4. The van der Waals surface area contributed by atoms with Crippen molar-refractivity contribution in [3.8, 4) is 0 Å². The third-order valence-electron chi connectivity index (χ3n) is 5.08. The van der Waals surface area contributed by atoms with Gasteiger partial charge in [0.05, 0.1) is 0 Å². The number of aliphatic imine (C=N–C) groups is 1. The Bertz CT molecular complexity index is 759. The van der Waals surface area contributed by atoms with Gasteiger partial charge in [0.1, 0.15) is 11.5 Å². The number of amidine groups is 1. The summed E-state index contributed by atoms with van der Waals surface area (Å²) in [5.74, 6) is 1.79. The number of fused-ring (bicyclic) bond motifs is 1. The fourth-order valence-corrected chi connectivity index (χ4v) is 3.92. The van der Waals surface area contributed by atoms with E-state index in [1.807, 2.05) is 23.4 Å². The van der Waals surface area contributed by atoms with Crippen molar-refractivity contribution >= 4 is 23.3 Å². The highest BCUT2D eigenvalue weighted by atomic mass is 35.5. The molecule has 1 amide bonds. The zero-order valence-corrected chi connectivity index (χ0v) is 15.1. The summed E-state index contributed by atoms with van der Waals surface area (Å²) in [4.78, 5) is 22.4. The van der Waals surface area contributed by atoms with Gasteiger partial charge in [-0.05, 0) is 43.0 Å². The van der Waals surface area contributed by atoms with Crippen LogP contribution in [0.4, 0.5) is 0 Å². The second kappa shape index (κ2) is 6.71. The number of aromatic amines is 1. The van der Waals surface area contributed by atoms with E-state index >= 15 is 0 Å². The average Bonchev–Trinajstić information content (AvgIpc) is 3.10. The molecule has 132 valence electrons. The van der Waals surface area contributed by atoms with E-state index in [1.54, 1.807) is 6.20 Å². The van der Waals surface area contributed by atoms with Crippen LogP contribution in [-0.2, 0) is 0 Å². The van der Waals surface area contributed by atoms with Crippen LogP contribution in [-0.4, -0.2) is 34.7 Å². The van der Waals surface area contributed by atoms with Crippen molar-refractivity contribution in [2.24, 2.45) is 16.8 Å².